The van der Waals surface area contributed by atoms with Gasteiger partial charge in [0.25, 0.3) is 5.91 Å². The first-order chi connectivity index (χ1) is 13.1. The van der Waals surface area contributed by atoms with E-state index in [-0.39, 0.29) is 11.9 Å². The van der Waals surface area contributed by atoms with Crippen molar-refractivity contribution in [2.24, 2.45) is 0 Å². The van der Waals surface area contributed by atoms with Crippen molar-refractivity contribution in [3.05, 3.63) is 29.7 Å². The van der Waals surface area contributed by atoms with Gasteiger partial charge in [0, 0.05) is 44.7 Å². The molecule has 4 rings (SSSR count). The second-order valence-electron chi connectivity index (χ2n) is 7.48. The van der Waals surface area contributed by atoms with Crippen LogP contribution in [0.15, 0.2) is 22.6 Å². The fourth-order valence-corrected chi connectivity index (χ4v) is 3.98. The second kappa shape index (κ2) is 7.58. The number of fused-ring (bicyclic) bond motifs is 1. The Morgan fingerprint density at radius 1 is 1.07 bits per heavy atom. The zero-order valence-corrected chi connectivity index (χ0v) is 15.7. The van der Waals surface area contributed by atoms with Crippen molar-refractivity contribution in [2.75, 3.05) is 26.2 Å². The average Bonchev–Trinajstić information content (AvgIpc) is 3.07. The summed E-state index contributed by atoms with van der Waals surface area (Å²) in [5, 5.41) is 3.15. The minimum atomic E-state index is -0.0232. The van der Waals surface area contributed by atoms with Crippen molar-refractivity contribution in [2.45, 2.75) is 45.1 Å². The van der Waals surface area contributed by atoms with Gasteiger partial charge >= 0.3 is 6.03 Å². The summed E-state index contributed by atoms with van der Waals surface area (Å²) in [6.45, 7) is 4.02. The Balaban J connectivity index is 1.33. The molecule has 2 aromatic rings. The molecule has 3 amide bonds. The summed E-state index contributed by atoms with van der Waals surface area (Å²) >= 11 is 0. The van der Waals surface area contributed by atoms with Gasteiger partial charge in [0.1, 0.15) is 5.52 Å². The second-order valence-corrected chi connectivity index (χ2v) is 7.48. The molecule has 1 aliphatic carbocycles. The number of nitrogens with zero attached hydrogens (tertiary/aromatic N) is 3. The van der Waals surface area contributed by atoms with E-state index < -0.39 is 0 Å². The molecule has 1 aromatic heterocycles. The lowest BCUT2D eigenvalue weighted by atomic mass is 9.96. The standard InChI is InChI=1S/C20H26N4O3/c1-14-21-17-13-15(7-8-18(17)27-14)19(25)23-9-11-24(12-10-23)20(26)22-16-5-3-2-4-6-16/h7-8,13,16H,2-6,9-12H2,1H3,(H,22,26). The molecular weight excluding hydrogens is 344 g/mol. The zero-order valence-electron chi connectivity index (χ0n) is 15.7. The number of amides is 3. The lowest BCUT2D eigenvalue weighted by Gasteiger charge is -2.36. The van der Waals surface area contributed by atoms with E-state index in [4.69, 9.17) is 4.42 Å². The van der Waals surface area contributed by atoms with Crippen LogP contribution < -0.4 is 5.32 Å². The number of benzene rings is 1. The largest absolute Gasteiger partial charge is 0.441 e. The Bertz CT molecular complexity index is 833. The highest BCUT2D eigenvalue weighted by atomic mass is 16.3. The molecule has 1 aliphatic heterocycles. The molecule has 2 aliphatic rings. The highest BCUT2D eigenvalue weighted by molar-refractivity contribution is 5.97. The highest BCUT2D eigenvalue weighted by Gasteiger charge is 2.26. The van der Waals surface area contributed by atoms with Crippen LogP contribution in [-0.2, 0) is 0 Å². The third-order valence-electron chi connectivity index (χ3n) is 5.53. The van der Waals surface area contributed by atoms with Crippen molar-refractivity contribution in [1.29, 1.82) is 0 Å². The van der Waals surface area contributed by atoms with Gasteiger partial charge in [-0.05, 0) is 31.0 Å². The molecule has 1 N–H and O–H groups in total. The van der Waals surface area contributed by atoms with E-state index in [0.29, 0.717) is 54.8 Å². The van der Waals surface area contributed by atoms with Crippen molar-refractivity contribution in [3.8, 4) is 0 Å². The number of urea groups is 1. The maximum atomic E-state index is 12.8. The fourth-order valence-electron chi connectivity index (χ4n) is 3.98. The highest BCUT2D eigenvalue weighted by Crippen LogP contribution is 2.19. The average molecular weight is 370 g/mol. The molecule has 0 unspecified atom stereocenters. The first-order valence-electron chi connectivity index (χ1n) is 9.82. The Morgan fingerprint density at radius 3 is 2.52 bits per heavy atom. The van der Waals surface area contributed by atoms with Gasteiger partial charge in [-0.1, -0.05) is 19.3 Å². The van der Waals surface area contributed by atoms with E-state index in [1.54, 1.807) is 30.0 Å². The van der Waals surface area contributed by atoms with Gasteiger partial charge < -0.3 is 19.5 Å². The third kappa shape index (κ3) is 3.91. The van der Waals surface area contributed by atoms with Gasteiger partial charge in [-0.25, -0.2) is 9.78 Å². The summed E-state index contributed by atoms with van der Waals surface area (Å²) in [6, 6.07) is 5.65. The van der Waals surface area contributed by atoms with Gasteiger partial charge in [-0.3, -0.25) is 4.79 Å². The normalized spacial score (nSPS) is 18.7. The molecule has 2 fully saturated rings. The van der Waals surface area contributed by atoms with Crippen LogP contribution in [0, 0.1) is 6.92 Å². The van der Waals surface area contributed by atoms with Gasteiger partial charge in [0.15, 0.2) is 11.5 Å². The van der Waals surface area contributed by atoms with Crippen LogP contribution in [0.5, 0.6) is 0 Å². The lowest BCUT2D eigenvalue weighted by Crippen LogP contribution is -2.54. The van der Waals surface area contributed by atoms with Crippen LogP contribution in [0.2, 0.25) is 0 Å². The molecule has 0 radical (unpaired) electrons. The van der Waals surface area contributed by atoms with Gasteiger partial charge in [0.05, 0.1) is 0 Å². The summed E-state index contributed by atoms with van der Waals surface area (Å²) in [6.07, 6.45) is 5.82. The maximum absolute atomic E-state index is 12.8. The Morgan fingerprint density at radius 2 is 1.78 bits per heavy atom. The maximum Gasteiger partial charge on any atom is 0.317 e. The number of nitrogens with one attached hydrogen (secondary N) is 1. The van der Waals surface area contributed by atoms with E-state index in [9.17, 15) is 9.59 Å². The first kappa shape index (κ1) is 17.8. The molecule has 0 spiro atoms. The Kier molecular flexibility index (Phi) is 5.01. The van der Waals surface area contributed by atoms with Crippen molar-refractivity contribution in [3.63, 3.8) is 0 Å². The minimum Gasteiger partial charge on any atom is -0.441 e. The lowest BCUT2D eigenvalue weighted by molar-refractivity contribution is 0.0662. The Labute approximate surface area is 158 Å². The predicted octanol–water partition coefficient (Wildman–Crippen LogP) is 2.94. The Hall–Kier alpha value is -2.57. The molecule has 7 heteroatoms. The number of carbonyl (C=O) groups is 2. The number of oxazole rings is 1. The smallest absolute Gasteiger partial charge is 0.317 e. The molecule has 144 valence electrons. The molecule has 1 aromatic carbocycles. The molecule has 27 heavy (non-hydrogen) atoms. The summed E-state index contributed by atoms with van der Waals surface area (Å²) < 4.78 is 5.46. The van der Waals surface area contributed by atoms with E-state index in [1.165, 1.54) is 19.3 Å². The van der Waals surface area contributed by atoms with Gasteiger partial charge in [0.2, 0.25) is 0 Å². The van der Waals surface area contributed by atoms with E-state index >= 15 is 0 Å². The number of carbonyl (C=O) groups excluding carboxylic acids is 2. The predicted molar refractivity (Wildman–Crippen MR) is 102 cm³/mol. The van der Waals surface area contributed by atoms with Crippen LogP contribution in [0.1, 0.15) is 48.4 Å². The van der Waals surface area contributed by atoms with E-state index in [0.717, 1.165) is 12.8 Å². The molecule has 0 atom stereocenters. The van der Waals surface area contributed by atoms with Crippen molar-refractivity contribution < 1.29 is 14.0 Å². The quantitative estimate of drug-likeness (QED) is 0.882. The van der Waals surface area contributed by atoms with Crippen molar-refractivity contribution >= 4 is 23.0 Å². The summed E-state index contributed by atoms with van der Waals surface area (Å²) in [5.74, 6) is 0.567. The molecule has 1 saturated carbocycles. The van der Waals surface area contributed by atoms with Crippen LogP contribution in [0.3, 0.4) is 0 Å². The number of hydrogen-bond acceptors (Lipinski definition) is 4. The number of aromatic nitrogens is 1. The number of piperazine rings is 1. The molecule has 1 saturated heterocycles. The van der Waals surface area contributed by atoms with Gasteiger partial charge in [-0.15, -0.1) is 0 Å². The van der Waals surface area contributed by atoms with E-state index in [1.807, 2.05) is 4.90 Å². The van der Waals surface area contributed by atoms with Crippen molar-refractivity contribution in [1.82, 2.24) is 20.1 Å². The molecular formula is C20H26N4O3. The number of aryl methyl sites for hydroxylation is 1. The van der Waals surface area contributed by atoms with Crippen LogP contribution in [0.4, 0.5) is 4.79 Å². The first-order valence-corrected chi connectivity index (χ1v) is 9.82. The van der Waals surface area contributed by atoms with Crippen LogP contribution >= 0.6 is 0 Å². The van der Waals surface area contributed by atoms with Gasteiger partial charge in [-0.2, -0.15) is 0 Å². The SMILES string of the molecule is Cc1nc2cc(C(=O)N3CCN(C(=O)NC4CCCCC4)CC3)ccc2o1. The zero-order chi connectivity index (χ0) is 18.8. The fraction of sp³-hybridized carbons (Fsp3) is 0.550. The summed E-state index contributed by atoms with van der Waals surface area (Å²) in [7, 11) is 0. The minimum absolute atomic E-state index is 0.00786. The summed E-state index contributed by atoms with van der Waals surface area (Å²) in [4.78, 5) is 33.2. The third-order valence-corrected chi connectivity index (χ3v) is 5.53. The topological polar surface area (TPSA) is 78.7 Å². The van der Waals surface area contributed by atoms with Crippen LogP contribution in [-0.4, -0.2) is 58.9 Å². The molecule has 7 nitrogen and oxygen atoms in total. The number of hydrogen-bond donors (Lipinski definition) is 1. The monoisotopic (exact) mass is 370 g/mol. The molecule has 0 bridgehead atoms. The van der Waals surface area contributed by atoms with E-state index in [2.05, 4.69) is 10.3 Å². The summed E-state index contributed by atoms with van der Waals surface area (Å²) in [5.41, 5.74) is 1.99. The number of rotatable bonds is 2. The van der Waals surface area contributed by atoms with Crippen LogP contribution in [0.25, 0.3) is 11.1 Å². The molecule has 2 heterocycles.